The van der Waals surface area contributed by atoms with Crippen molar-refractivity contribution in [2.75, 3.05) is 0 Å². The van der Waals surface area contributed by atoms with Crippen LogP contribution in [0.4, 0.5) is 26.3 Å². The second kappa shape index (κ2) is 17.2. The van der Waals surface area contributed by atoms with Crippen LogP contribution < -0.4 is 10.8 Å². The quantitative estimate of drug-likeness (QED) is 0.105. The normalized spacial score (nSPS) is 13.2. The van der Waals surface area contributed by atoms with Crippen LogP contribution in [0.25, 0.3) is 0 Å². The summed E-state index contributed by atoms with van der Waals surface area (Å²) < 4.78 is 72.2. The van der Waals surface area contributed by atoms with E-state index in [0.29, 0.717) is 12.8 Å². The number of hydrogen-bond donors (Lipinski definition) is 2. The van der Waals surface area contributed by atoms with Crippen LogP contribution in [0.1, 0.15) is 116 Å². The van der Waals surface area contributed by atoms with Gasteiger partial charge >= 0.3 is 12.4 Å². The molecule has 0 aliphatic carbocycles. The highest BCUT2D eigenvalue weighted by Crippen LogP contribution is 2.24. The Hall–Kier alpha value is -0.283. The van der Waals surface area contributed by atoms with Crippen molar-refractivity contribution >= 4 is 8.40 Å². The lowest BCUT2D eigenvalue weighted by molar-refractivity contribution is -0.136. The maximum absolute atomic E-state index is 12.0. The molecule has 0 saturated carbocycles. The van der Waals surface area contributed by atoms with Gasteiger partial charge in [0.25, 0.3) is 0 Å². The molecule has 2 nitrogen and oxygen atoms in total. The van der Waals surface area contributed by atoms with E-state index in [1.165, 1.54) is 0 Å². The first-order valence-electron chi connectivity index (χ1n) is 12.1. The Kier molecular flexibility index (Phi) is 17.1. The minimum Gasteiger partial charge on any atom is -0.339 e. The van der Waals surface area contributed by atoms with Gasteiger partial charge in [-0.1, -0.05) is 89.9 Å². The topological polar surface area (TPSA) is 52.0 Å². The van der Waals surface area contributed by atoms with Gasteiger partial charge < -0.3 is 10.8 Å². The minimum absolute atomic E-state index is 0.236. The molecule has 0 aliphatic rings. The molecular formula is C22H44F6N2Si. The lowest BCUT2D eigenvalue weighted by atomic mass is 10.1. The summed E-state index contributed by atoms with van der Waals surface area (Å²) in [5.41, 5.74) is 0. The van der Waals surface area contributed by atoms with Gasteiger partial charge in [-0.25, -0.2) is 0 Å². The summed E-state index contributed by atoms with van der Waals surface area (Å²) in [6, 6.07) is 1.83. The number of unbranched alkanes of at least 4 members (excludes halogenated alkanes) is 14. The van der Waals surface area contributed by atoms with Crippen LogP contribution >= 0.6 is 0 Å². The van der Waals surface area contributed by atoms with Crippen LogP contribution in [-0.2, 0) is 0 Å². The highest BCUT2D eigenvalue weighted by molar-refractivity contribution is 6.73. The van der Waals surface area contributed by atoms with E-state index in [9.17, 15) is 26.3 Å². The van der Waals surface area contributed by atoms with E-state index in [0.717, 1.165) is 89.1 Å². The Bertz CT molecular complexity index is 378. The molecule has 0 rings (SSSR count). The average Bonchev–Trinajstić information content (AvgIpc) is 2.63. The first-order valence-corrected chi connectivity index (χ1v) is 14.7. The summed E-state index contributed by atoms with van der Waals surface area (Å²) >= 11 is 0. The average molecular weight is 479 g/mol. The van der Waals surface area contributed by atoms with E-state index in [1.54, 1.807) is 0 Å². The number of nitrogens with two attached hydrogens (primary N) is 2. The smallest absolute Gasteiger partial charge is 0.339 e. The summed E-state index contributed by atoms with van der Waals surface area (Å²) in [4.78, 5) is 0. The van der Waals surface area contributed by atoms with Crippen molar-refractivity contribution < 1.29 is 26.3 Å². The molecule has 0 unspecified atom stereocenters. The van der Waals surface area contributed by atoms with Gasteiger partial charge in [0.1, 0.15) is 0 Å². The molecule has 0 amide bonds. The molecule has 0 radical (unpaired) electrons. The summed E-state index contributed by atoms with van der Waals surface area (Å²) in [7, 11) is -2.12. The molecule has 0 aliphatic heterocycles. The predicted molar refractivity (Wildman–Crippen MR) is 119 cm³/mol. The molecule has 0 fully saturated rings. The largest absolute Gasteiger partial charge is 0.389 e. The summed E-state index contributed by atoms with van der Waals surface area (Å²) in [5, 5.41) is 12.6. The Morgan fingerprint density at radius 2 is 0.613 bits per heavy atom. The summed E-state index contributed by atoms with van der Waals surface area (Å²) in [6.07, 6.45) is 4.66. The van der Waals surface area contributed by atoms with Crippen molar-refractivity contribution in [3.8, 4) is 0 Å². The minimum atomic E-state index is -4.02. The summed E-state index contributed by atoms with van der Waals surface area (Å²) in [6.45, 7) is 0. The monoisotopic (exact) mass is 478 g/mol. The molecule has 0 aromatic rings. The zero-order valence-electron chi connectivity index (χ0n) is 19.1. The fraction of sp³-hybridized carbons (Fsp3) is 1.00. The number of hydrogen-bond acceptors (Lipinski definition) is 2. The fourth-order valence-electron chi connectivity index (χ4n) is 3.81. The SMILES string of the molecule is N[Si](N)(CCCCCCCCCCC(F)(F)F)CCCCCCCCCCC(F)(F)F. The highest BCUT2D eigenvalue weighted by Gasteiger charge is 2.26. The van der Waals surface area contributed by atoms with Crippen molar-refractivity contribution in [3.63, 3.8) is 0 Å². The van der Waals surface area contributed by atoms with Crippen LogP contribution in [0.3, 0.4) is 0 Å². The van der Waals surface area contributed by atoms with Gasteiger partial charge in [0.15, 0.2) is 8.40 Å². The maximum atomic E-state index is 12.0. The van der Waals surface area contributed by atoms with Gasteiger partial charge in [0.05, 0.1) is 0 Å². The van der Waals surface area contributed by atoms with E-state index < -0.39 is 33.6 Å². The molecule has 0 aromatic heterocycles. The second-order valence-corrected chi connectivity index (χ2v) is 12.6. The molecular weight excluding hydrogens is 434 g/mol. The van der Waals surface area contributed by atoms with Crippen molar-refractivity contribution in [2.45, 2.75) is 140 Å². The van der Waals surface area contributed by atoms with Gasteiger partial charge in [-0.05, 0) is 24.9 Å². The van der Waals surface area contributed by atoms with Gasteiger partial charge in [-0.15, -0.1) is 0 Å². The molecule has 0 aromatic carbocycles. The molecule has 0 saturated heterocycles. The Morgan fingerprint density at radius 1 is 0.387 bits per heavy atom. The Morgan fingerprint density at radius 3 is 0.871 bits per heavy atom. The molecule has 0 atom stereocenters. The molecule has 9 heteroatoms. The van der Waals surface area contributed by atoms with Gasteiger partial charge in [-0.3, -0.25) is 0 Å². The summed E-state index contributed by atoms with van der Waals surface area (Å²) in [5.74, 6) is 0. The third-order valence-electron chi connectivity index (χ3n) is 5.70. The first-order chi connectivity index (χ1) is 14.4. The fourth-order valence-corrected chi connectivity index (χ4v) is 5.87. The second-order valence-electron chi connectivity index (χ2n) is 9.12. The zero-order chi connectivity index (χ0) is 23.6. The van der Waals surface area contributed by atoms with Gasteiger partial charge in [0, 0.05) is 12.8 Å². The standard InChI is InChI=1S/C22H44F6N2Si/c23-21(24,25)17-13-9-5-1-3-7-11-15-19-31(29,30)20-16-12-8-4-2-6-10-14-18-22(26,27)28/h1-20,29-30H2. The predicted octanol–water partition coefficient (Wildman–Crippen LogP) is 8.49. The van der Waals surface area contributed by atoms with E-state index in [-0.39, 0.29) is 12.8 Å². The van der Waals surface area contributed by atoms with E-state index in [1.807, 2.05) is 0 Å². The first kappa shape index (κ1) is 30.7. The third-order valence-corrected chi connectivity index (χ3v) is 8.27. The van der Waals surface area contributed by atoms with Crippen molar-refractivity contribution in [1.29, 1.82) is 0 Å². The van der Waals surface area contributed by atoms with Crippen LogP contribution in [0.2, 0.25) is 12.1 Å². The van der Waals surface area contributed by atoms with Crippen LogP contribution in [0.5, 0.6) is 0 Å². The highest BCUT2D eigenvalue weighted by atomic mass is 28.3. The Balaban J connectivity index is 3.40. The van der Waals surface area contributed by atoms with E-state index in [4.69, 9.17) is 10.8 Å². The number of halogens is 6. The lowest BCUT2D eigenvalue weighted by Gasteiger charge is -2.21. The van der Waals surface area contributed by atoms with Crippen molar-refractivity contribution in [2.24, 2.45) is 10.8 Å². The molecule has 0 spiro atoms. The van der Waals surface area contributed by atoms with Gasteiger partial charge in [0.2, 0.25) is 0 Å². The Labute approximate surface area is 186 Å². The molecule has 0 bridgehead atoms. The van der Waals surface area contributed by atoms with Crippen molar-refractivity contribution in [1.82, 2.24) is 0 Å². The molecule has 4 N–H and O–H groups in total. The third kappa shape index (κ3) is 25.9. The van der Waals surface area contributed by atoms with Crippen molar-refractivity contribution in [3.05, 3.63) is 0 Å². The van der Waals surface area contributed by atoms with Crippen LogP contribution in [0.15, 0.2) is 0 Å². The van der Waals surface area contributed by atoms with Crippen LogP contribution in [0, 0.1) is 0 Å². The lowest BCUT2D eigenvalue weighted by Crippen LogP contribution is -2.55. The number of rotatable bonds is 20. The van der Waals surface area contributed by atoms with Crippen LogP contribution in [-0.4, -0.2) is 20.7 Å². The van der Waals surface area contributed by atoms with E-state index >= 15 is 0 Å². The number of alkyl halides is 6. The van der Waals surface area contributed by atoms with E-state index in [2.05, 4.69) is 0 Å². The molecule has 31 heavy (non-hydrogen) atoms. The maximum Gasteiger partial charge on any atom is 0.389 e. The molecule has 188 valence electrons. The molecule has 0 heterocycles. The van der Waals surface area contributed by atoms with Gasteiger partial charge in [-0.2, -0.15) is 26.3 Å². The zero-order valence-corrected chi connectivity index (χ0v) is 20.1.